The Morgan fingerprint density at radius 1 is 1.06 bits per heavy atom. The molecular formula is C15H13NO2. The molecule has 3 heteroatoms. The van der Waals surface area contributed by atoms with Crippen LogP contribution in [0.2, 0.25) is 0 Å². The van der Waals surface area contributed by atoms with Gasteiger partial charge in [0, 0.05) is 18.5 Å². The van der Waals surface area contributed by atoms with Gasteiger partial charge in [-0.15, -0.1) is 0 Å². The second kappa shape index (κ2) is 5.77. The number of benzene rings is 1. The first kappa shape index (κ1) is 12.0. The Labute approximate surface area is 106 Å². The molecule has 3 nitrogen and oxygen atoms in total. The van der Waals surface area contributed by atoms with Crippen molar-refractivity contribution in [3.05, 3.63) is 72.1 Å². The van der Waals surface area contributed by atoms with E-state index in [0.717, 1.165) is 16.7 Å². The van der Waals surface area contributed by atoms with Gasteiger partial charge in [0.2, 0.25) is 0 Å². The smallest absolute Gasteiger partial charge is 0.331 e. The molecule has 0 N–H and O–H groups in total. The van der Waals surface area contributed by atoms with Gasteiger partial charge in [-0.1, -0.05) is 30.3 Å². The summed E-state index contributed by atoms with van der Waals surface area (Å²) in [5.74, 6) is -0.370. The normalized spacial score (nSPS) is 11.1. The predicted molar refractivity (Wildman–Crippen MR) is 69.8 cm³/mol. The van der Waals surface area contributed by atoms with Gasteiger partial charge < -0.3 is 4.74 Å². The van der Waals surface area contributed by atoms with Gasteiger partial charge in [-0.25, -0.2) is 4.79 Å². The second-order valence-corrected chi connectivity index (χ2v) is 3.68. The van der Waals surface area contributed by atoms with E-state index in [0.29, 0.717) is 0 Å². The van der Waals surface area contributed by atoms with E-state index in [4.69, 9.17) is 4.74 Å². The molecule has 0 aliphatic heterocycles. The highest BCUT2D eigenvalue weighted by molar-refractivity contribution is 5.96. The molecule has 0 atom stereocenters. The average molecular weight is 239 g/mol. The zero-order chi connectivity index (χ0) is 12.8. The first-order valence-electron chi connectivity index (χ1n) is 5.56. The molecule has 2 aromatic rings. The topological polar surface area (TPSA) is 39.2 Å². The SMILES string of the molecule is COC(=O)/C=C(\c1ccccc1)c1ccncc1. The minimum absolute atomic E-state index is 0.370. The minimum atomic E-state index is -0.370. The largest absolute Gasteiger partial charge is 0.466 e. The highest BCUT2D eigenvalue weighted by Crippen LogP contribution is 2.22. The third kappa shape index (κ3) is 2.83. The maximum atomic E-state index is 11.5. The summed E-state index contributed by atoms with van der Waals surface area (Å²) in [7, 11) is 1.37. The molecule has 0 fully saturated rings. The fourth-order valence-corrected chi connectivity index (χ4v) is 1.66. The Hall–Kier alpha value is -2.42. The number of hydrogen-bond donors (Lipinski definition) is 0. The van der Waals surface area contributed by atoms with Crippen LogP contribution in [0.4, 0.5) is 0 Å². The van der Waals surface area contributed by atoms with Crippen LogP contribution in [0.15, 0.2) is 60.9 Å². The van der Waals surface area contributed by atoms with Crippen molar-refractivity contribution in [3.63, 3.8) is 0 Å². The highest BCUT2D eigenvalue weighted by atomic mass is 16.5. The number of ether oxygens (including phenoxy) is 1. The monoisotopic (exact) mass is 239 g/mol. The molecule has 0 bridgehead atoms. The number of carbonyl (C=O) groups is 1. The molecule has 0 aliphatic carbocycles. The van der Waals surface area contributed by atoms with Crippen molar-refractivity contribution in [2.75, 3.05) is 7.11 Å². The highest BCUT2D eigenvalue weighted by Gasteiger charge is 2.07. The number of aromatic nitrogens is 1. The van der Waals surface area contributed by atoms with E-state index < -0.39 is 0 Å². The van der Waals surface area contributed by atoms with Crippen LogP contribution in [0.5, 0.6) is 0 Å². The Morgan fingerprint density at radius 2 is 1.67 bits per heavy atom. The Kier molecular flexibility index (Phi) is 3.86. The van der Waals surface area contributed by atoms with Crippen molar-refractivity contribution in [1.82, 2.24) is 4.98 Å². The van der Waals surface area contributed by atoms with Crippen LogP contribution in [0.25, 0.3) is 5.57 Å². The summed E-state index contributed by atoms with van der Waals surface area (Å²) in [5.41, 5.74) is 2.72. The summed E-state index contributed by atoms with van der Waals surface area (Å²) < 4.78 is 4.69. The Morgan fingerprint density at radius 3 is 2.28 bits per heavy atom. The van der Waals surface area contributed by atoms with Crippen molar-refractivity contribution in [3.8, 4) is 0 Å². The van der Waals surface area contributed by atoms with E-state index in [1.54, 1.807) is 12.4 Å². The molecule has 1 heterocycles. The van der Waals surface area contributed by atoms with Crippen LogP contribution >= 0.6 is 0 Å². The molecule has 0 saturated heterocycles. The van der Waals surface area contributed by atoms with Crippen LogP contribution < -0.4 is 0 Å². The number of nitrogens with zero attached hydrogens (tertiary/aromatic N) is 1. The molecule has 18 heavy (non-hydrogen) atoms. The quantitative estimate of drug-likeness (QED) is 0.610. The first-order valence-corrected chi connectivity index (χ1v) is 5.56. The number of hydrogen-bond acceptors (Lipinski definition) is 3. The molecule has 0 saturated carbocycles. The van der Waals surface area contributed by atoms with Gasteiger partial charge in [0.1, 0.15) is 0 Å². The molecule has 0 amide bonds. The Balaban J connectivity index is 2.49. The van der Waals surface area contributed by atoms with Crippen molar-refractivity contribution >= 4 is 11.5 Å². The fraction of sp³-hybridized carbons (Fsp3) is 0.0667. The van der Waals surface area contributed by atoms with Crippen molar-refractivity contribution < 1.29 is 9.53 Å². The number of rotatable bonds is 3. The molecule has 0 radical (unpaired) electrons. The summed E-state index contributed by atoms with van der Waals surface area (Å²) in [6.07, 6.45) is 4.89. The lowest BCUT2D eigenvalue weighted by atomic mass is 9.98. The summed E-state index contributed by atoms with van der Waals surface area (Å²) in [6.45, 7) is 0. The maximum Gasteiger partial charge on any atom is 0.331 e. The van der Waals surface area contributed by atoms with Gasteiger partial charge in [0.25, 0.3) is 0 Å². The van der Waals surface area contributed by atoms with Crippen LogP contribution in [0.3, 0.4) is 0 Å². The zero-order valence-corrected chi connectivity index (χ0v) is 10.0. The van der Waals surface area contributed by atoms with Crippen LogP contribution in [-0.4, -0.2) is 18.1 Å². The van der Waals surface area contributed by atoms with Gasteiger partial charge >= 0.3 is 5.97 Å². The number of methoxy groups -OCH3 is 1. The fourth-order valence-electron chi connectivity index (χ4n) is 1.66. The minimum Gasteiger partial charge on any atom is -0.466 e. The maximum absolute atomic E-state index is 11.5. The lowest BCUT2D eigenvalue weighted by Crippen LogP contribution is -1.98. The van der Waals surface area contributed by atoms with Gasteiger partial charge in [0.15, 0.2) is 0 Å². The number of esters is 1. The zero-order valence-electron chi connectivity index (χ0n) is 10.0. The molecule has 2 rings (SSSR count). The average Bonchev–Trinajstić information content (AvgIpc) is 2.46. The molecule has 1 aromatic heterocycles. The van der Waals surface area contributed by atoms with E-state index in [1.807, 2.05) is 42.5 Å². The predicted octanol–water partition coefficient (Wildman–Crippen LogP) is 2.69. The summed E-state index contributed by atoms with van der Waals surface area (Å²) in [4.78, 5) is 15.4. The third-order valence-electron chi connectivity index (χ3n) is 2.54. The summed E-state index contributed by atoms with van der Waals surface area (Å²) in [6, 6.07) is 13.4. The van der Waals surface area contributed by atoms with Crippen LogP contribution in [0, 0.1) is 0 Å². The molecule has 0 unspecified atom stereocenters. The van der Waals surface area contributed by atoms with Gasteiger partial charge in [-0.3, -0.25) is 4.98 Å². The van der Waals surface area contributed by atoms with Gasteiger partial charge in [-0.05, 0) is 28.8 Å². The molecular weight excluding hydrogens is 226 g/mol. The lowest BCUT2D eigenvalue weighted by Gasteiger charge is -2.07. The van der Waals surface area contributed by atoms with Gasteiger partial charge in [-0.2, -0.15) is 0 Å². The summed E-state index contributed by atoms with van der Waals surface area (Å²) >= 11 is 0. The van der Waals surface area contributed by atoms with Crippen molar-refractivity contribution in [2.24, 2.45) is 0 Å². The van der Waals surface area contributed by atoms with E-state index >= 15 is 0 Å². The van der Waals surface area contributed by atoms with Crippen LogP contribution in [-0.2, 0) is 9.53 Å². The van der Waals surface area contributed by atoms with Gasteiger partial charge in [0.05, 0.1) is 7.11 Å². The molecule has 0 aliphatic rings. The van der Waals surface area contributed by atoms with E-state index in [1.165, 1.54) is 13.2 Å². The van der Waals surface area contributed by atoms with E-state index in [2.05, 4.69) is 4.98 Å². The van der Waals surface area contributed by atoms with Crippen LogP contribution in [0.1, 0.15) is 11.1 Å². The number of carbonyl (C=O) groups excluding carboxylic acids is 1. The second-order valence-electron chi connectivity index (χ2n) is 3.68. The third-order valence-corrected chi connectivity index (χ3v) is 2.54. The summed E-state index contributed by atoms with van der Waals surface area (Å²) in [5, 5.41) is 0. The van der Waals surface area contributed by atoms with E-state index in [9.17, 15) is 4.79 Å². The number of pyridine rings is 1. The molecule has 1 aromatic carbocycles. The lowest BCUT2D eigenvalue weighted by molar-refractivity contribution is -0.134. The molecule has 0 spiro atoms. The Bertz CT molecular complexity index is 506. The van der Waals surface area contributed by atoms with E-state index in [-0.39, 0.29) is 5.97 Å². The van der Waals surface area contributed by atoms with Crippen molar-refractivity contribution in [2.45, 2.75) is 0 Å². The standard InChI is InChI=1S/C15H13NO2/c1-18-15(17)11-14(12-5-3-2-4-6-12)13-7-9-16-10-8-13/h2-11H,1H3/b14-11+. The van der Waals surface area contributed by atoms with Crippen molar-refractivity contribution in [1.29, 1.82) is 0 Å². The molecule has 90 valence electrons. The first-order chi connectivity index (χ1) is 8.81.